The summed E-state index contributed by atoms with van der Waals surface area (Å²) in [4.78, 5) is 54.6. The van der Waals surface area contributed by atoms with Crippen molar-refractivity contribution in [2.24, 2.45) is 0 Å². The summed E-state index contributed by atoms with van der Waals surface area (Å²) < 4.78 is 58.3. The molecule has 39 heavy (non-hydrogen) atoms. The molecule has 1 atom stereocenters. The van der Waals surface area contributed by atoms with E-state index in [-0.39, 0.29) is 53.0 Å². The molecule has 1 aromatic carbocycles. The Morgan fingerprint density at radius 1 is 1.13 bits per heavy atom. The Morgan fingerprint density at radius 3 is 2.49 bits per heavy atom. The Kier molecular flexibility index (Phi) is 6.00. The molecule has 2 aliphatic rings. The number of fused-ring (bicyclic) bond motifs is 5. The van der Waals surface area contributed by atoms with Crippen LogP contribution in [0.3, 0.4) is 0 Å². The van der Waals surface area contributed by atoms with Gasteiger partial charge in [-0.2, -0.15) is 13.2 Å². The lowest BCUT2D eigenvalue weighted by Crippen LogP contribution is -2.48. The van der Waals surface area contributed by atoms with Gasteiger partial charge in [-0.25, -0.2) is 19.4 Å². The second kappa shape index (κ2) is 8.99. The molecule has 0 fully saturated rings. The first kappa shape index (κ1) is 26.0. The number of halogens is 3. The third-order valence-corrected chi connectivity index (χ3v) is 6.76. The number of carbonyl (C=O) groups is 3. The van der Waals surface area contributed by atoms with Gasteiger partial charge in [0.2, 0.25) is 5.60 Å². The second-order valence-corrected chi connectivity index (χ2v) is 8.88. The van der Waals surface area contributed by atoms with Crippen molar-refractivity contribution in [3.63, 3.8) is 0 Å². The molecule has 0 spiro atoms. The molecule has 2 amide bonds. The summed E-state index contributed by atoms with van der Waals surface area (Å²) in [7, 11) is 2.52. The van der Waals surface area contributed by atoms with Crippen LogP contribution in [0.25, 0.3) is 22.3 Å². The van der Waals surface area contributed by atoms with Crippen LogP contribution in [0.1, 0.15) is 35.6 Å². The largest absolute Gasteiger partial charge is 0.457 e. The number of alkyl carbamates (subject to hydrolysis) is 1. The number of ether oxygens (including phenoxy) is 3. The smallest absolute Gasteiger partial charge is 0.420 e. The highest BCUT2D eigenvalue weighted by Gasteiger charge is 2.50. The summed E-state index contributed by atoms with van der Waals surface area (Å²) in [6.45, 7) is 1.28. The van der Waals surface area contributed by atoms with E-state index >= 15 is 0 Å². The second-order valence-electron chi connectivity index (χ2n) is 8.88. The van der Waals surface area contributed by atoms with Crippen LogP contribution < -0.4 is 20.9 Å². The zero-order chi connectivity index (χ0) is 28.3. The van der Waals surface area contributed by atoms with Crippen LogP contribution in [-0.2, 0) is 39.2 Å². The normalized spacial score (nSPS) is 17.5. The minimum Gasteiger partial charge on any atom is -0.457 e. The number of nitrogens with one attached hydrogen (secondary N) is 2. The lowest BCUT2D eigenvalue weighted by Gasteiger charge is -2.35. The number of rotatable bonds is 3. The van der Waals surface area contributed by atoms with Crippen molar-refractivity contribution in [1.82, 2.24) is 20.2 Å². The fourth-order valence-corrected chi connectivity index (χ4v) is 4.83. The van der Waals surface area contributed by atoms with Gasteiger partial charge in [-0.05, 0) is 30.7 Å². The summed E-state index contributed by atoms with van der Waals surface area (Å²) in [5.41, 5.74) is -2.49. The van der Waals surface area contributed by atoms with Crippen molar-refractivity contribution >= 4 is 29.1 Å². The van der Waals surface area contributed by atoms with Gasteiger partial charge >= 0.3 is 24.3 Å². The Balaban J connectivity index is 1.72. The third-order valence-electron chi connectivity index (χ3n) is 6.76. The van der Waals surface area contributed by atoms with Crippen molar-refractivity contribution in [1.29, 1.82) is 0 Å². The van der Waals surface area contributed by atoms with E-state index in [1.807, 2.05) is 0 Å². The molecule has 0 saturated heterocycles. The van der Waals surface area contributed by atoms with Crippen molar-refractivity contribution in [3.8, 4) is 17.1 Å². The topological polar surface area (TPSA) is 138 Å². The zero-order valence-electron chi connectivity index (χ0n) is 20.8. The molecule has 11 nitrogen and oxygen atoms in total. The SMILES string of the molecule is CC[C@@]1(OC(=O)NC)C(=O)OCc2c1cc1n(c2=O)Cc2cc3cc(OC(=O)NC)c(C(F)(F)F)cc3nc2-1. The highest BCUT2D eigenvalue weighted by Crippen LogP contribution is 2.43. The van der Waals surface area contributed by atoms with E-state index in [1.54, 1.807) is 13.0 Å². The maximum absolute atomic E-state index is 13.8. The van der Waals surface area contributed by atoms with Gasteiger partial charge in [0.25, 0.3) is 5.56 Å². The van der Waals surface area contributed by atoms with Gasteiger partial charge in [0, 0.05) is 30.6 Å². The highest BCUT2D eigenvalue weighted by molar-refractivity contribution is 5.89. The Hall–Kier alpha value is -4.62. The highest BCUT2D eigenvalue weighted by atomic mass is 19.4. The third kappa shape index (κ3) is 4.02. The number of esters is 1. The first-order valence-electron chi connectivity index (χ1n) is 11.7. The maximum Gasteiger partial charge on any atom is 0.420 e. The van der Waals surface area contributed by atoms with Gasteiger partial charge in [0.15, 0.2) is 0 Å². The zero-order valence-corrected chi connectivity index (χ0v) is 20.8. The van der Waals surface area contributed by atoms with Crippen LogP contribution in [0.5, 0.6) is 5.75 Å². The lowest BCUT2D eigenvalue weighted by molar-refractivity contribution is -0.172. The Bertz CT molecular complexity index is 1630. The Labute approximate surface area is 217 Å². The van der Waals surface area contributed by atoms with Crippen molar-refractivity contribution in [2.45, 2.75) is 38.3 Å². The summed E-state index contributed by atoms with van der Waals surface area (Å²) >= 11 is 0. The van der Waals surface area contributed by atoms with Crippen molar-refractivity contribution in [2.75, 3.05) is 14.1 Å². The van der Waals surface area contributed by atoms with E-state index in [4.69, 9.17) is 14.2 Å². The predicted molar refractivity (Wildman–Crippen MR) is 128 cm³/mol. The van der Waals surface area contributed by atoms with E-state index < -0.39 is 46.8 Å². The number of pyridine rings is 2. The average molecular weight is 546 g/mol. The number of cyclic esters (lactones) is 1. The quantitative estimate of drug-likeness (QED) is 0.374. The van der Waals surface area contributed by atoms with Crippen LogP contribution in [0.4, 0.5) is 22.8 Å². The number of carbonyl (C=O) groups excluding carboxylic acids is 3. The van der Waals surface area contributed by atoms with Crippen molar-refractivity contribution < 1.29 is 41.8 Å². The number of amides is 2. The number of aromatic nitrogens is 2. The van der Waals surface area contributed by atoms with Crippen LogP contribution >= 0.6 is 0 Å². The molecule has 0 unspecified atom stereocenters. The molecule has 0 aliphatic carbocycles. The summed E-state index contributed by atoms with van der Waals surface area (Å²) in [5.74, 6) is -1.55. The van der Waals surface area contributed by atoms with Gasteiger partial charge in [0.1, 0.15) is 17.9 Å². The van der Waals surface area contributed by atoms with Crippen molar-refractivity contribution in [3.05, 3.63) is 56.9 Å². The van der Waals surface area contributed by atoms with Crippen LogP contribution in [0, 0.1) is 0 Å². The molecule has 0 radical (unpaired) electrons. The van der Waals surface area contributed by atoms with Crippen LogP contribution in [0.2, 0.25) is 0 Å². The molecule has 3 aromatic rings. The molecule has 4 heterocycles. The molecule has 0 saturated carbocycles. The molecule has 2 aliphatic heterocycles. The van der Waals surface area contributed by atoms with Crippen LogP contribution in [-0.4, -0.2) is 41.8 Å². The van der Waals surface area contributed by atoms with Gasteiger partial charge in [0.05, 0.1) is 29.0 Å². The number of nitrogens with zero attached hydrogens (tertiary/aromatic N) is 2. The van der Waals surface area contributed by atoms with Gasteiger partial charge in [-0.15, -0.1) is 0 Å². The van der Waals surface area contributed by atoms with E-state index in [0.29, 0.717) is 5.56 Å². The van der Waals surface area contributed by atoms with E-state index in [0.717, 1.165) is 12.1 Å². The molecule has 0 bridgehead atoms. The van der Waals surface area contributed by atoms with E-state index in [9.17, 15) is 32.3 Å². The maximum atomic E-state index is 13.8. The Morgan fingerprint density at radius 2 is 1.85 bits per heavy atom. The van der Waals surface area contributed by atoms with Crippen LogP contribution in [0.15, 0.2) is 29.1 Å². The first-order valence-corrected chi connectivity index (χ1v) is 11.7. The van der Waals surface area contributed by atoms with Gasteiger partial charge in [-0.1, -0.05) is 6.92 Å². The number of hydrogen-bond acceptors (Lipinski definition) is 8. The van der Waals surface area contributed by atoms with E-state index in [2.05, 4.69) is 15.6 Å². The lowest BCUT2D eigenvalue weighted by atomic mass is 9.85. The molecule has 5 rings (SSSR count). The number of benzene rings is 1. The molecule has 204 valence electrons. The average Bonchev–Trinajstić information content (AvgIpc) is 3.25. The number of hydrogen-bond donors (Lipinski definition) is 2. The summed E-state index contributed by atoms with van der Waals surface area (Å²) in [5, 5.41) is 4.62. The molecular weight excluding hydrogens is 525 g/mol. The minimum atomic E-state index is -4.86. The fourth-order valence-electron chi connectivity index (χ4n) is 4.83. The monoisotopic (exact) mass is 546 g/mol. The summed E-state index contributed by atoms with van der Waals surface area (Å²) in [6.07, 6.45) is -6.89. The molecule has 14 heteroatoms. The fraction of sp³-hybridized carbons (Fsp3) is 0.320. The molecule has 2 N–H and O–H groups in total. The van der Waals surface area contributed by atoms with Gasteiger partial charge < -0.3 is 29.4 Å². The first-order chi connectivity index (χ1) is 18.4. The summed E-state index contributed by atoms with van der Waals surface area (Å²) in [6, 6.07) is 4.86. The predicted octanol–water partition coefficient (Wildman–Crippen LogP) is 3.18. The van der Waals surface area contributed by atoms with E-state index in [1.165, 1.54) is 24.7 Å². The molecular formula is C25H21F3N4O7. The minimum absolute atomic E-state index is 0.0375. The molecule has 2 aromatic heterocycles. The standard InChI is InChI=1S/C25H21F3N4O7/c1-4-24(39-23(36)30-3)14-8-17-19-12(9-32(17)20(33)13(14)10-37-21(24)34)5-11-6-18(38-22(35)29-2)15(25(26,27)28)7-16(11)31-19/h5-8H,4,9-10H2,1-3H3,(H,29,35)(H,30,36)/t24-/m0/s1. The number of alkyl halides is 3. The van der Waals surface area contributed by atoms with Gasteiger partial charge in [-0.3, -0.25) is 4.79 Å².